The number of benzene rings is 1. The van der Waals surface area contributed by atoms with Crippen LogP contribution in [0.15, 0.2) is 41.0 Å². The number of furan rings is 1. The lowest BCUT2D eigenvalue weighted by molar-refractivity contribution is -0.186. The zero-order valence-electron chi connectivity index (χ0n) is 21.7. The highest BCUT2D eigenvalue weighted by molar-refractivity contribution is 5.92. The molecule has 0 aliphatic heterocycles. The van der Waals surface area contributed by atoms with Gasteiger partial charge in [-0.2, -0.15) is 0 Å². The topological polar surface area (TPSA) is 118 Å². The first-order chi connectivity index (χ1) is 17.8. The van der Waals surface area contributed by atoms with Crippen molar-refractivity contribution in [2.24, 2.45) is 0 Å². The van der Waals surface area contributed by atoms with E-state index in [0.29, 0.717) is 36.0 Å². The minimum atomic E-state index is -1.88. The van der Waals surface area contributed by atoms with Crippen LogP contribution in [0.1, 0.15) is 71.3 Å². The van der Waals surface area contributed by atoms with E-state index in [9.17, 15) is 19.2 Å². The van der Waals surface area contributed by atoms with Crippen LogP contribution in [0, 0.1) is 0 Å². The van der Waals surface area contributed by atoms with Gasteiger partial charge in [-0.05, 0) is 49.1 Å². The molecule has 0 saturated carbocycles. The standard InChI is InChI=1S/C28H34O9/c1-5-8-23(29)35-22-17-28(27(32)33-4,37-25(31)10-7-3)16-20(26(22)36-24(30)9-6-2)18-11-12-21-19(15-18)13-14-34-21/h11-16,22,26H,5-10,17H2,1-4H3/t22-,26-,28+/m1/s1. The lowest BCUT2D eigenvalue weighted by Gasteiger charge is -2.40. The Hall–Kier alpha value is -3.62. The largest absolute Gasteiger partial charge is 0.466 e. The van der Waals surface area contributed by atoms with Crippen LogP contribution < -0.4 is 0 Å². The van der Waals surface area contributed by atoms with Gasteiger partial charge in [-0.1, -0.05) is 26.8 Å². The number of carbonyl (C=O) groups excluding carboxylic acids is 4. The third-order valence-corrected chi connectivity index (χ3v) is 6.05. The summed E-state index contributed by atoms with van der Waals surface area (Å²) in [5, 5.41) is 0.772. The monoisotopic (exact) mass is 514 g/mol. The normalized spacial score (nSPS) is 21.1. The lowest BCUT2D eigenvalue weighted by Crippen LogP contribution is -2.53. The average Bonchev–Trinajstić information content (AvgIpc) is 3.33. The average molecular weight is 515 g/mol. The number of fused-ring (bicyclic) bond motifs is 1. The fourth-order valence-corrected chi connectivity index (χ4v) is 4.36. The summed E-state index contributed by atoms with van der Waals surface area (Å²) in [7, 11) is 1.19. The van der Waals surface area contributed by atoms with Gasteiger partial charge in [-0.3, -0.25) is 14.4 Å². The number of ether oxygens (including phenoxy) is 4. The summed E-state index contributed by atoms with van der Waals surface area (Å²) in [6, 6.07) is 7.06. The highest BCUT2D eigenvalue weighted by Gasteiger charge is 2.52. The van der Waals surface area contributed by atoms with E-state index in [1.54, 1.807) is 30.5 Å². The molecule has 9 nitrogen and oxygen atoms in total. The second-order valence-electron chi connectivity index (χ2n) is 9.02. The van der Waals surface area contributed by atoms with Gasteiger partial charge < -0.3 is 23.4 Å². The van der Waals surface area contributed by atoms with Gasteiger partial charge in [0.15, 0.2) is 6.10 Å². The summed E-state index contributed by atoms with van der Waals surface area (Å²) in [4.78, 5) is 51.0. The predicted octanol–water partition coefficient (Wildman–Crippen LogP) is 4.90. The van der Waals surface area contributed by atoms with E-state index in [1.807, 2.05) is 20.8 Å². The predicted molar refractivity (Wildman–Crippen MR) is 134 cm³/mol. The van der Waals surface area contributed by atoms with Crippen molar-refractivity contribution in [2.75, 3.05) is 7.11 Å². The number of methoxy groups -OCH3 is 1. The molecule has 0 spiro atoms. The van der Waals surface area contributed by atoms with E-state index in [1.165, 1.54) is 13.2 Å². The van der Waals surface area contributed by atoms with Crippen LogP contribution in [0.5, 0.6) is 0 Å². The zero-order valence-corrected chi connectivity index (χ0v) is 21.7. The van der Waals surface area contributed by atoms with Crippen LogP contribution >= 0.6 is 0 Å². The minimum absolute atomic E-state index is 0.0814. The van der Waals surface area contributed by atoms with Crippen LogP contribution in [0.2, 0.25) is 0 Å². The molecule has 1 aromatic heterocycles. The Labute approximate surface area is 216 Å². The maximum absolute atomic E-state index is 13.2. The van der Waals surface area contributed by atoms with Gasteiger partial charge in [0.05, 0.1) is 13.4 Å². The first kappa shape index (κ1) is 28.0. The molecule has 2 aromatic rings. The molecule has 1 aliphatic carbocycles. The molecule has 37 heavy (non-hydrogen) atoms. The summed E-state index contributed by atoms with van der Waals surface area (Å²) in [6.45, 7) is 5.49. The number of rotatable bonds is 11. The molecule has 0 unspecified atom stereocenters. The molecule has 3 rings (SSSR count). The summed E-state index contributed by atoms with van der Waals surface area (Å²) in [5.41, 5.74) is -0.298. The number of hydrogen-bond acceptors (Lipinski definition) is 9. The first-order valence-corrected chi connectivity index (χ1v) is 12.7. The van der Waals surface area contributed by atoms with Crippen LogP contribution in [-0.2, 0) is 38.1 Å². The van der Waals surface area contributed by atoms with Crippen molar-refractivity contribution >= 4 is 40.4 Å². The Morgan fingerprint density at radius 1 is 0.919 bits per heavy atom. The van der Waals surface area contributed by atoms with E-state index in [-0.39, 0.29) is 25.7 Å². The van der Waals surface area contributed by atoms with Crippen LogP contribution in [-0.4, -0.2) is 48.8 Å². The maximum Gasteiger partial charge on any atom is 0.354 e. The van der Waals surface area contributed by atoms with Crippen LogP contribution in [0.4, 0.5) is 0 Å². The quantitative estimate of drug-likeness (QED) is 0.305. The van der Waals surface area contributed by atoms with Gasteiger partial charge in [0.25, 0.3) is 0 Å². The van der Waals surface area contributed by atoms with Gasteiger partial charge in [0.2, 0.25) is 5.60 Å². The number of esters is 4. The van der Waals surface area contributed by atoms with Crippen molar-refractivity contribution in [3.63, 3.8) is 0 Å². The highest BCUT2D eigenvalue weighted by atomic mass is 16.6. The molecule has 0 bridgehead atoms. The number of hydrogen-bond donors (Lipinski definition) is 0. The fourth-order valence-electron chi connectivity index (χ4n) is 4.36. The molecule has 0 N–H and O–H groups in total. The Bertz CT molecular complexity index is 1160. The summed E-state index contributed by atoms with van der Waals surface area (Å²) < 4.78 is 27.8. The molecular formula is C28H34O9. The van der Waals surface area contributed by atoms with Gasteiger partial charge >= 0.3 is 23.9 Å². The van der Waals surface area contributed by atoms with E-state index in [0.717, 1.165) is 5.39 Å². The second kappa shape index (κ2) is 12.6. The van der Waals surface area contributed by atoms with Crippen LogP contribution in [0.3, 0.4) is 0 Å². The zero-order chi connectivity index (χ0) is 27.0. The summed E-state index contributed by atoms with van der Waals surface area (Å²) in [6.07, 6.45) is 2.60. The third kappa shape index (κ3) is 6.58. The van der Waals surface area contributed by atoms with Crippen molar-refractivity contribution in [3.05, 3.63) is 42.2 Å². The Morgan fingerprint density at radius 3 is 2.22 bits per heavy atom. The second-order valence-corrected chi connectivity index (χ2v) is 9.02. The molecule has 1 aromatic carbocycles. The fraction of sp³-hybridized carbons (Fsp3) is 0.500. The van der Waals surface area contributed by atoms with E-state index >= 15 is 0 Å². The van der Waals surface area contributed by atoms with E-state index < -0.39 is 41.7 Å². The van der Waals surface area contributed by atoms with Crippen molar-refractivity contribution in [3.8, 4) is 0 Å². The first-order valence-electron chi connectivity index (χ1n) is 12.7. The molecular weight excluding hydrogens is 480 g/mol. The molecule has 200 valence electrons. The van der Waals surface area contributed by atoms with Crippen molar-refractivity contribution in [1.29, 1.82) is 0 Å². The lowest BCUT2D eigenvalue weighted by atomic mass is 9.79. The van der Waals surface area contributed by atoms with Crippen molar-refractivity contribution in [1.82, 2.24) is 0 Å². The smallest absolute Gasteiger partial charge is 0.354 e. The molecule has 0 amide bonds. The molecule has 3 atom stereocenters. The van der Waals surface area contributed by atoms with Crippen molar-refractivity contribution in [2.45, 2.75) is 83.5 Å². The van der Waals surface area contributed by atoms with Crippen molar-refractivity contribution < 1.29 is 42.5 Å². The molecule has 9 heteroatoms. The van der Waals surface area contributed by atoms with Gasteiger partial charge in [0.1, 0.15) is 11.7 Å². The maximum atomic E-state index is 13.2. The Morgan fingerprint density at radius 2 is 1.57 bits per heavy atom. The van der Waals surface area contributed by atoms with E-state index in [4.69, 9.17) is 23.4 Å². The Balaban J connectivity index is 2.20. The van der Waals surface area contributed by atoms with Crippen LogP contribution in [0.25, 0.3) is 16.5 Å². The van der Waals surface area contributed by atoms with Gasteiger partial charge in [0, 0.05) is 36.6 Å². The highest BCUT2D eigenvalue weighted by Crippen LogP contribution is 2.40. The molecule has 1 aliphatic rings. The molecule has 0 saturated heterocycles. The molecule has 0 radical (unpaired) electrons. The molecule has 1 heterocycles. The third-order valence-electron chi connectivity index (χ3n) is 6.05. The molecule has 0 fully saturated rings. The summed E-state index contributed by atoms with van der Waals surface area (Å²) >= 11 is 0. The minimum Gasteiger partial charge on any atom is -0.466 e. The number of carbonyl (C=O) groups is 4. The van der Waals surface area contributed by atoms with Gasteiger partial charge in [-0.25, -0.2) is 4.79 Å². The SMILES string of the molecule is CCCC(=O)O[C@@H]1C(c2ccc3occc3c2)=C[C@@](OC(=O)CCC)(C(=O)OC)C[C@H]1OC(=O)CCC. The summed E-state index contributed by atoms with van der Waals surface area (Å²) in [5.74, 6) is -2.43. The Kier molecular flexibility index (Phi) is 9.49. The van der Waals surface area contributed by atoms with Gasteiger partial charge in [-0.15, -0.1) is 0 Å². The van der Waals surface area contributed by atoms with E-state index in [2.05, 4.69) is 0 Å².